The molecule has 6 N–H and O–H groups in total. The fourth-order valence-corrected chi connectivity index (χ4v) is 2.90. The van der Waals surface area contributed by atoms with Crippen LogP contribution < -0.4 is 20.9 Å². The number of hydrogen-bond donors (Lipinski definition) is 4. The molecule has 0 saturated heterocycles. The number of fused-ring (bicyclic) bond motifs is 1. The quantitative estimate of drug-likeness (QED) is 0.162. The smallest absolute Gasteiger partial charge is 0.174 e. The topological polar surface area (TPSA) is 136 Å². The predicted molar refractivity (Wildman–Crippen MR) is 110 cm³/mol. The monoisotopic (exact) mass is 388 g/mol. The Morgan fingerprint density at radius 2 is 1.21 bits per heavy atom. The fraction of sp³-hybridized carbons (Fsp3) is 0.400. The maximum atomic E-state index is 9.36. The van der Waals surface area contributed by atoms with Gasteiger partial charge in [-0.3, -0.25) is 0 Å². The Hall–Kier alpha value is -3.16. The second-order valence-electron chi connectivity index (χ2n) is 6.33. The summed E-state index contributed by atoms with van der Waals surface area (Å²) in [6.45, 7) is 4.99. The Morgan fingerprint density at radius 3 is 1.54 bits per heavy atom. The maximum absolute atomic E-state index is 9.36. The van der Waals surface area contributed by atoms with Gasteiger partial charge in [0.05, 0.1) is 24.3 Å². The summed E-state index contributed by atoms with van der Waals surface area (Å²) in [5.41, 5.74) is 12.4. The second-order valence-corrected chi connectivity index (χ2v) is 6.33. The van der Waals surface area contributed by atoms with Crippen LogP contribution in [0.2, 0.25) is 0 Å². The van der Waals surface area contributed by atoms with Crippen molar-refractivity contribution in [1.29, 1.82) is 0 Å². The number of ether oxygens (including phenoxy) is 2. The van der Waals surface area contributed by atoms with Crippen molar-refractivity contribution in [3.05, 3.63) is 35.4 Å². The van der Waals surface area contributed by atoms with Gasteiger partial charge in [0, 0.05) is 10.8 Å². The predicted octanol–water partition coefficient (Wildman–Crippen LogP) is 3.39. The van der Waals surface area contributed by atoms with Crippen LogP contribution in [0.5, 0.6) is 11.5 Å². The van der Waals surface area contributed by atoms with Gasteiger partial charge in [-0.2, -0.15) is 0 Å². The molecule has 0 unspecified atom stereocenters. The summed E-state index contributed by atoms with van der Waals surface area (Å²) in [5.74, 6) is 0.394. The van der Waals surface area contributed by atoms with Crippen molar-refractivity contribution in [1.82, 2.24) is 0 Å². The molecule has 0 bridgehead atoms. The Labute approximate surface area is 164 Å². The van der Waals surface area contributed by atoms with E-state index in [1.807, 2.05) is 24.3 Å². The van der Waals surface area contributed by atoms with Gasteiger partial charge in [0.25, 0.3) is 0 Å². The van der Waals surface area contributed by atoms with Crippen molar-refractivity contribution in [3.63, 3.8) is 0 Å². The molecule has 2 rings (SSSR count). The molecule has 0 aromatic heterocycles. The Kier molecular flexibility index (Phi) is 7.74. The van der Waals surface area contributed by atoms with E-state index in [1.165, 1.54) is 0 Å². The van der Waals surface area contributed by atoms with Crippen molar-refractivity contribution in [2.24, 2.45) is 21.8 Å². The number of nitrogens with two attached hydrogens (primary N) is 2. The second kappa shape index (κ2) is 10.2. The lowest BCUT2D eigenvalue weighted by atomic mass is 9.96. The molecule has 0 saturated carbocycles. The van der Waals surface area contributed by atoms with Gasteiger partial charge in [0.2, 0.25) is 0 Å². The fourth-order valence-electron chi connectivity index (χ4n) is 2.90. The number of oxime groups is 2. The zero-order chi connectivity index (χ0) is 20.5. The summed E-state index contributed by atoms with van der Waals surface area (Å²) in [4.78, 5) is 0. The summed E-state index contributed by atoms with van der Waals surface area (Å²) in [6, 6.07) is 7.47. The lowest BCUT2D eigenvalue weighted by molar-refractivity contribution is 0.302. The Bertz CT molecular complexity index is 794. The molecule has 0 aliphatic rings. The summed E-state index contributed by atoms with van der Waals surface area (Å²) in [5, 5.41) is 26.5. The SMILES string of the molecule is CCCCOc1c(C(N)=NO)c(C(N)=NO)c(OCCCC)c2ccccc12. The average Bonchev–Trinajstić information content (AvgIpc) is 2.73. The van der Waals surface area contributed by atoms with Crippen LogP contribution in [-0.2, 0) is 0 Å². The van der Waals surface area contributed by atoms with Crippen LogP contribution in [0, 0.1) is 0 Å². The molecule has 0 aliphatic carbocycles. The minimum absolute atomic E-state index is 0.209. The van der Waals surface area contributed by atoms with Gasteiger partial charge in [-0.05, 0) is 12.8 Å². The highest BCUT2D eigenvalue weighted by Gasteiger charge is 2.27. The van der Waals surface area contributed by atoms with E-state index in [9.17, 15) is 10.4 Å². The minimum Gasteiger partial charge on any atom is -0.492 e. The van der Waals surface area contributed by atoms with Crippen LogP contribution in [0.15, 0.2) is 34.6 Å². The number of amidine groups is 2. The van der Waals surface area contributed by atoms with Gasteiger partial charge < -0.3 is 31.4 Å². The van der Waals surface area contributed by atoms with E-state index < -0.39 is 0 Å². The molecule has 0 heterocycles. The minimum atomic E-state index is -0.209. The van der Waals surface area contributed by atoms with Gasteiger partial charge in [0.1, 0.15) is 11.5 Å². The molecule has 0 amide bonds. The van der Waals surface area contributed by atoms with Gasteiger partial charge in [-0.15, -0.1) is 0 Å². The summed E-state index contributed by atoms with van der Waals surface area (Å²) >= 11 is 0. The van der Waals surface area contributed by atoms with E-state index in [-0.39, 0.29) is 22.8 Å². The molecule has 2 aromatic carbocycles. The first-order valence-electron chi connectivity index (χ1n) is 9.40. The van der Waals surface area contributed by atoms with Crippen molar-refractivity contribution in [2.75, 3.05) is 13.2 Å². The van der Waals surface area contributed by atoms with E-state index in [0.29, 0.717) is 24.7 Å². The molecular weight excluding hydrogens is 360 g/mol. The van der Waals surface area contributed by atoms with Crippen LogP contribution in [-0.4, -0.2) is 35.3 Å². The van der Waals surface area contributed by atoms with Gasteiger partial charge in [0.15, 0.2) is 11.7 Å². The third-order valence-electron chi connectivity index (χ3n) is 4.34. The Balaban J connectivity index is 2.86. The molecule has 28 heavy (non-hydrogen) atoms. The van der Waals surface area contributed by atoms with Crippen LogP contribution in [0.4, 0.5) is 0 Å². The highest BCUT2D eigenvalue weighted by molar-refractivity contribution is 6.18. The normalized spacial score (nSPS) is 12.4. The van der Waals surface area contributed by atoms with Crippen LogP contribution >= 0.6 is 0 Å². The zero-order valence-corrected chi connectivity index (χ0v) is 16.3. The third kappa shape index (κ3) is 4.39. The van der Waals surface area contributed by atoms with Crippen molar-refractivity contribution >= 4 is 22.4 Å². The third-order valence-corrected chi connectivity index (χ3v) is 4.34. The number of rotatable bonds is 10. The maximum Gasteiger partial charge on any atom is 0.174 e. The first kappa shape index (κ1) is 21.1. The lowest BCUT2D eigenvalue weighted by Gasteiger charge is -2.21. The molecule has 0 atom stereocenters. The number of unbranched alkanes of at least 4 members (excludes halogenated alkanes) is 2. The molecule has 2 aromatic rings. The van der Waals surface area contributed by atoms with Gasteiger partial charge >= 0.3 is 0 Å². The molecule has 0 aliphatic heterocycles. The molecule has 0 spiro atoms. The highest BCUT2D eigenvalue weighted by Crippen LogP contribution is 2.41. The summed E-state index contributed by atoms with van der Waals surface area (Å²) < 4.78 is 12.0. The number of nitrogens with zero attached hydrogens (tertiary/aromatic N) is 2. The van der Waals surface area contributed by atoms with Crippen molar-refractivity contribution < 1.29 is 19.9 Å². The van der Waals surface area contributed by atoms with E-state index in [0.717, 1.165) is 36.5 Å². The van der Waals surface area contributed by atoms with Crippen molar-refractivity contribution in [2.45, 2.75) is 39.5 Å². The van der Waals surface area contributed by atoms with Gasteiger partial charge in [-0.1, -0.05) is 61.3 Å². The first-order valence-corrected chi connectivity index (χ1v) is 9.40. The molecule has 8 nitrogen and oxygen atoms in total. The molecule has 0 fully saturated rings. The van der Waals surface area contributed by atoms with E-state index in [2.05, 4.69) is 24.2 Å². The van der Waals surface area contributed by atoms with E-state index >= 15 is 0 Å². The summed E-state index contributed by atoms with van der Waals surface area (Å²) in [7, 11) is 0. The number of hydrogen-bond acceptors (Lipinski definition) is 6. The molecule has 8 heteroatoms. The highest BCUT2D eigenvalue weighted by atomic mass is 16.5. The molecule has 0 radical (unpaired) electrons. The van der Waals surface area contributed by atoms with Crippen molar-refractivity contribution in [3.8, 4) is 11.5 Å². The van der Waals surface area contributed by atoms with Gasteiger partial charge in [-0.25, -0.2) is 0 Å². The largest absolute Gasteiger partial charge is 0.492 e. The van der Waals surface area contributed by atoms with E-state index in [1.54, 1.807) is 0 Å². The summed E-state index contributed by atoms with van der Waals surface area (Å²) in [6.07, 6.45) is 3.56. The number of benzene rings is 2. The zero-order valence-electron chi connectivity index (χ0n) is 16.3. The standard InChI is InChI=1S/C20H28N4O4/c1-3-5-11-27-17-13-9-7-8-10-14(13)18(28-12-6-4-2)16(20(22)24-26)15(17)19(21)23-25/h7-10,25-26H,3-6,11-12H2,1-2H3,(H2,21,23)(H2,22,24). The Morgan fingerprint density at radius 1 is 0.821 bits per heavy atom. The van der Waals surface area contributed by atoms with Crippen LogP contribution in [0.25, 0.3) is 10.8 Å². The van der Waals surface area contributed by atoms with E-state index in [4.69, 9.17) is 20.9 Å². The first-order chi connectivity index (χ1) is 13.6. The lowest BCUT2D eigenvalue weighted by Crippen LogP contribution is -2.25. The molecule has 152 valence electrons. The van der Waals surface area contributed by atoms with Crippen LogP contribution in [0.3, 0.4) is 0 Å². The van der Waals surface area contributed by atoms with Crippen LogP contribution in [0.1, 0.15) is 50.7 Å². The average molecular weight is 388 g/mol. The molecular formula is C20H28N4O4.